The first-order valence-electron chi connectivity index (χ1n) is 9.02. The van der Waals surface area contributed by atoms with E-state index in [1.165, 1.54) is 25.3 Å². The second kappa shape index (κ2) is 8.54. The number of nitrogens with one attached hydrogen (secondary N) is 1. The first-order chi connectivity index (χ1) is 13.0. The molecule has 1 heterocycles. The van der Waals surface area contributed by atoms with Gasteiger partial charge in [-0.1, -0.05) is 30.3 Å². The second-order valence-electron chi connectivity index (χ2n) is 6.49. The van der Waals surface area contributed by atoms with Crippen molar-refractivity contribution in [2.75, 3.05) is 26.7 Å². The predicted octanol–water partition coefficient (Wildman–Crippen LogP) is 2.45. The Kier molecular flexibility index (Phi) is 6.13. The zero-order valence-electron chi connectivity index (χ0n) is 15.3. The van der Waals surface area contributed by atoms with Crippen LogP contribution in [0.4, 0.5) is 0 Å². The van der Waals surface area contributed by atoms with E-state index in [1.54, 1.807) is 4.90 Å². The SMILES string of the molecule is COc1ccc(S(=O)(=O)NCCc2ccccc2)cc1C(=O)N1CCCC1. The number of rotatable bonds is 7. The fourth-order valence-corrected chi connectivity index (χ4v) is 4.23. The van der Waals surface area contributed by atoms with E-state index in [9.17, 15) is 13.2 Å². The van der Waals surface area contributed by atoms with Crippen molar-refractivity contribution >= 4 is 15.9 Å². The minimum absolute atomic E-state index is 0.0684. The monoisotopic (exact) mass is 388 g/mol. The van der Waals surface area contributed by atoms with Crippen molar-refractivity contribution in [3.05, 3.63) is 59.7 Å². The topological polar surface area (TPSA) is 75.7 Å². The van der Waals surface area contributed by atoms with Crippen LogP contribution < -0.4 is 9.46 Å². The maximum atomic E-state index is 12.7. The lowest BCUT2D eigenvalue weighted by molar-refractivity contribution is 0.0789. The second-order valence-corrected chi connectivity index (χ2v) is 8.26. The molecule has 0 spiro atoms. The molecule has 0 aliphatic carbocycles. The average molecular weight is 388 g/mol. The normalized spacial score (nSPS) is 14.3. The molecule has 6 nitrogen and oxygen atoms in total. The standard InChI is InChI=1S/C20H24N2O4S/c1-26-19-10-9-17(15-18(19)20(23)22-13-5-6-14-22)27(24,25)21-12-11-16-7-3-2-4-8-16/h2-4,7-10,15,21H,5-6,11-14H2,1H3. The quantitative estimate of drug-likeness (QED) is 0.791. The largest absolute Gasteiger partial charge is 0.496 e. The maximum absolute atomic E-state index is 12.7. The Morgan fingerprint density at radius 1 is 1.11 bits per heavy atom. The lowest BCUT2D eigenvalue weighted by atomic mass is 10.1. The molecular formula is C20H24N2O4S. The van der Waals surface area contributed by atoms with Crippen LogP contribution in [-0.4, -0.2) is 46.0 Å². The number of hydrogen-bond donors (Lipinski definition) is 1. The van der Waals surface area contributed by atoms with Gasteiger partial charge in [-0.3, -0.25) is 4.79 Å². The van der Waals surface area contributed by atoms with Gasteiger partial charge < -0.3 is 9.64 Å². The number of sulfonamides is 1. The third kappa shape index (κ3) is 4.67. The van der Waals surface area contributed by atoms with Crippen LogP contribution in [-0.2, 0) is 16.4 Å². The fourth-order valence-electron chi connectivity index (χ4n) is 3.17. The van der Waals surface area contributed by atoms with E-state index in [1.807, 2.05) is 30.3 Å². The number of benzene rings is 2. The molecule has 1 amide bonds. The maximum Gasteiger partial charge on any atom is 0.257 e. The van der Waals surface area contributed by atoms with E-state index in [2.05, 4.69) is 4.72 Å². The zero-order chi connectivity index (χ0) is 19.3. The number of ether oxygens (including phenoxy) is 1. The van der Waals surface area contributed by atoms with E-state index in [4.69, 9.17) is 4.74 Å². The summed E-state index contributed by atoms with van der Waals surface area (Å²) in [6, 6.07) is 14.1. The molecule has 1 aliphatic heterocycles. The molecule has 1 fully saturated rings. The summed E-state index contributed by atoms with van der Waals surface area (Å²) in [5, 5.41) is 0. The van der Waals surface area contributed by atoms with E-state index in [0.717, 1.165) is 18.4 Å². The number of carbonyl (C=O) groups is 1. The predicted molar refractivity (Wildman–Crippen MR) is 103 cm³/mol. The Morgan fingerprint density at radius 2 is 1.81 bits per heavy atom. The molecule has 0 atom stereocenters. The smallest absolute Gasteiger partial charge is 0.257 e. The van der Waals surface area contributed by atoms with Crippen molar-refractivity contribution in [3.8, 4) is 5.75 Å². The van der Waals surface area contributed by atoms with Crippen LogP contribution in [0, 0.1) is 0 Å². The Balaban J connectivity index is 1.76. The highest BCUT2D eigenvalue weighted by molar-refractivity contribution is 7.89. The molecule has 0 aromatic heterocycles. The minimum Gasteiger partial charge on any atom is -0.496 e. The molecule has 3 rings (SSSR count). The van der Waals surface area contributed by atoms with Crippen molar-refractivity contribution in [1.82, 2.24) is 9.62 Å². The van der Waals surface area contributed by atoms with E-state index in [-0.39, 0.29) is 22.9 Å². The van der Waals surface area contributed by atoms with Gasteiger partial charge in [-0.15, -0.1) is 0 Å². The van der Waals surface area contributed by atoms with Crippen molar-refractivity contribution in [3.63, 3.8) is 0 Å². The van der Waals surface area contributed by atoms with Crippen LogP contribution in [0.2, 0.25) is 0 Å². The van der Waals surface area contributed by atoms with Crippen molar-refractivity contribution in [2.24, 2.45) is 0 Å². The first-order valence-corrected chi connectivity index (χ1v) is 10.5. The van der Waals surface area contributed by atoms with Gasteiger partial charge in [0.05, 0.1) is 17.6 Å². The lowest BCUT2D eigenvalue weighted by Crippen LogP contribution is -2.29. The Hall–Kier alpha value is -2.38. The summed E-state index contributed by atoms with van der Waals surface area (Å²) < 4.78 is 33.2. The van der Waals surface area contributed by atoms with Crippen LogP contribution in [0.1, 0.15) is 28.8 Å². The molecule has 144 valence electrons. The summed E-state index contributed by atoms with van der Waals surface area (Å²) >= 11 is 0. The first kappa shape index (κ1) is 19.4. The molecule has 0 unspecified atom stereocenters. The molecule has 0 bridgehead atoms. The van der Waals surface area contributed by atoms with Crippen LogP contribution in [0.5, 0.6) is 5.75 Å². The lowest BCUT2D eigenvalue weighted by Gasteiger charge is -2.18. The minimum atomic E-state index is -3.71. The zero-order valence-corrected chi connectivity index (χ0v) is 16.2. The van der Waals surface area contributed by atoms with E-state index in [0.29, 0.717) is 25.3 Å². The fraction of sp³-hybridized carbons (Fsp3) is 0.350. The van der Waals surface area contributed by atoms with E-state index >= 15 is 0 Å². The molecule has 1 N–H and O–H groups in total. The summed E-state index contributed by atoms with van der Waals surface area (Å²) in [7, 11) is -2.24. The highest BCUT2D eigenvalue weighted by Gasteiger charge is 2.25. The number of likely N-dealkylation sites (tertiary alicyclic amines) is 1. The molecule has 0 radical (unpaired) electrons. The van der Waals surface area contributed by atoms with Crippen LogP contribution in [0.3, 0.4) is 0 Å². The number of hydrogen-bond acceptors (Lipinski definition) is 4. The number of carbonyl (C=O) groups excluding carboxylic acids is 1. The number of methoxy groups -OCH3 is 1. The molecule has 7 heteroatoms. The van der Waals surface area contributed by atoms with Gasteiger partial charge in [-0.25, -0.2) is 13.1 Å². The van der Waals surface area contributed by atoms with E-state index < -0.39 is 10.0 Å². The van der Waals surface area contributed by atoms with Gasteiger partial charge in [-0.05, 0) is 43.0 Å². The van der Waals surface area contributed by atoms with Gasteiger partial charge in [0.2, 0.25) is 10.0 Å². The summed E-state index contributed by atoms with van der Waals surface area (Å²) in [5.41, 5.74) is 1.34. The number of amides is 1. The summed E-state index contributed by atoms with van der Waals surface area (Å²) in [6.07, 6.45) is 2.52. The van der Waals surface area contributed by atoms with Crippen molar-refractivity contribution < 1.29 is 17.9 Å². The van der Waals surface area contributed by atoms with Gasteiger partial charge in [0.15, 0.2) is 0 Å². The third-order valence-electron chi connectivity index (χ3n) is 4.65. The van der Waals surface area contributed by atoms with Crippen LogP contribution in [0.25, 0.3) is 0 Å². The molecule has 1 aliphatic rings. The van der Waals surface area contributed by atoms with Crippen molar-refractivity contribution in [2.45, 2.75) is 24.2 Å². The van der Waals surface area contributed by atoms with Crippen LogP contribution in [0.15, 0.2) is 53.4 Å². The summed E-state index contributed by atoms with van der Waals surface area (Å²) in [5.74, 6) is 0.195. The molecular weight excluding hydrogens is 364 g/mol. The Bertz CT molecular complexity index is 891. The Morgan fingerprint density at radius 3 is 2.48 bits per heavy atom. The van der Waals surface area contributed by atoms with Gasteiger partial charge >= 0.3 is 0 Å². The average Bonchev–Trinajstić information content (AvgIpc) is 3.22. The van der Waals surface area contributed by atoms with Gasteiger partial charge in [0, 0.05) is 19.6 Å². The highest BCUT2D eigenvalue weighted by Crippen LogP contribution is 2.25. The van der Waals surface area contributed by atoms with Crippen molar-refractivity contribution in [1.29, 1.82) is 0 Å². The number of nitrogens with zero attached hydrogens (tertiary/aromatic N) is 1. The Labute approximate surface area is 160 Å². The van der Waals surface area contributed by atoms with Crippen LogP contribution >= 0.6 is 0 Å². The molecule has 2 aromatic carbocycles. The molecule has 1 saturated heterocycles. The van der Waals surface area contributed by atoms with Gasteiger partial charge in [-0.2, -0.15) is 0 Å². The molecule has 0 saturated carbocycles. The summed E-state index contributed by atoms with van der Waals surface area (Å²) in [4.78, 5) is 14.5. The third-order valence-corrected chi connectivity index (χ3v) is 6.11. The molecule has 2 aromatic rings. The highest BCUT2D eigenvalue weighted by atomic mass is 32.2. The van der Waals surface area contributed by atoms with Gasteiger partial charge in [0.1, 0.15) is 5.75 Å². The van der Waals surface area contributed by atoms with Gasteiger partial charge in [0.25, 0.3) is 5.91 Å². The molecule has 27 heavy (non-hydrogen) atoms. The summed E-state index contributed by atoms with van der Waals surface area (Å²) in [6.45, 7) is 1.66.